The van der Waals surface area contributed by atoms with E-state index in [0.29, 0.717) is 5.56 Å². The van der Waals surface area contributed by atoms with Crippen molar-refractivity contribution in [2.24, 2.45) is 0 Å². The zero-order valence-electron chi connectivity index (χ0n) is 12.9. The predicted molar refractivity (Wildman–Crippen MR) is 83.6 cm³/mol. The lowest BCUT2D eigenvalue weighted by Gasteiger charge is -2.27. The smallest absolute Gasteiger partial charge is 0.410 e. The quantitative estimate of drug-likeness (QED) is 0.777. The molecule has 116 valence electrons. The van der Waals surface area contributed by atoms with Gasteiger partial charge in [0, 0.05) is 16.1 Å². The van der Waals surface area contributed by atoms with E-state index in [2.05, 4.69) is 15.9 Å². The number of carbonyl (C=O) groups is 1. The van der Waals surface area contributed by atoms with E-state index in [-0.39, 0.29) is 24.5 Å². The highest BCUT2D eigenvalue weighted by molar-refractivity contribution is 9.10. The van der Waals surface area contributed by atoms with Crippen LogP contribution in [0.5, 0.6) is 0 Å². The highest BCUT2D eigenvalue weighted by atomic mass is 79.9. The minimum Gasteiger partial charge on any atom is -0.444 e. The van der Waals surface area contributed by atoms with E-state index >= 15 is 0 Å². The number of nitrogens with zero attached hydrogens (tertiary/aromatic N) is 1. The van der Waals surface area contributed by atoms with Gasteiger partial charge in [-0.05, 0) is 52.2 Å². The molecule has 21 heavy (non-hydrogen) atoms. The topological polar surface area (TPSA) is 29.5 Å². The van der Waals surface area contributed by atoms with Crippen LogP contribution >= 0.6 is 15.9 Å². The van der Waals surface area contributed by atoms with Gasteiger partial charge in [0.25, 0.3) is 0 Å². The Morgan fingerprint density at radius 3 is 2.57 bits per heavy atom. The lowest BCUT2D eigenvalue weighted by Crippen LogP contribution is -2.38. The molecule has 0 radical (unpaired) electrons. The Balaban J connectivity index is 2.17. The monoisotopic (exact) mass is 357 g/mol. The fraction of sp³-hybridized carbons (Fsp3) is 0.562. The molecule has 0 saturated heterocycles. The van der Waals surface area contributed by atoms with Gasteiger partial charge >= 0.3 is 6.09 Å². The second-order valence-electron chi connectivity index (χ2n) is 6.53. The van der Waals surface area contributed by atoms with Crippen molar-refractivity contribution in [3.8, 4) is 0 Å². The molecule has 1 aliphatic carbocycles. The molecule has 0 atom stereocenters. The Kier molecular flexibility index (Phi) is 4.61. The van der Waals surface area contributed by atoms with Gasteiger partial charge in [-0.3, -0.25) is 0 Å². The molecular weight excluding hydrogens is 337 g/mol. The van der Waals surface area contributed by atoms with Gasteiger partial charge in [0.05, 0.1) is 6.54 Å². The number of aryl methyl sites for hydroxylation is 1. The summed E-state index contributed by atoms with van der Waals surface area (Å²) in [6.45, 7) is 7.66. The zero-order chi connectivity index (χ0) is 15.8. The van der Waals surface area contributed by atoms with Crippen LogP contribution in [0.25, 0.3) is 0 Å². The van der Waals surface area contributed by atoms with E-state index in [1.54, 1.807) is 11.0 Å². The van der Waals surface area contributed by atoms with E-state index in [0.717, 1.165) is 22.9 Å². The van der Waals surface area contributed by atoms with Gasteiger partial charge in [0.15, 0.2) is 0 Å². The molecular formula is C16H21BrFNO2. The van der Waals surface area contributed by atoms with Crippen molar-refractivity contribution in [1.82, 2.24) is 4.90 Å². The van der Waals surface area contributed by atoms with Crippen LogP contribution in [0, 0.1) is 12.7 Å². The lowest BCUT2D eigenvalue weighted by molar-refractivity contribution is 0.0215. The number of amides is 1. The fourth-order valence-corrected chi connectivity index (χ4v) is 2.39. The molecule has 0 heterocycles. The lowest BCUT2D eigenvalue weighted by atomic mass is 10.1. The second kappa shape index (κ2) is 5.95. The van der Waals surface area contributed by atoms with Crippen LogP contribution in [0.4, 0.5) is 9.18 Å². The molecule has 3 nitrogen and oxygen atoms in total. The Hall–Kier alpha value is -1.10. The average Bonchev–Trinajstić information content (AvgIpc) is 3.13. The van der Waals surface area contributed by atoms with Gasteiger partial charge in [-0.25, -0.2) is 9.18 Å². The number of carbonyl (C=O) groups excluding carboxylic acids is 1. The first-order chi connectivity index (χ1) is 9.67. The van der Waals surface area contributed by atoms with Gasteiger partial charge in [-0.15, -0.1) is 0 Å². The molecule has 2 rings (SSSR count). The van der Waals surface area contributed by atoms with E-state index in [9.17, 15) is 9.18 Å². The summed E-state index contributed by atoms with van der Waals surface area (Å²) in [4.78, 5) is 13.9. The van der Waals surface area contributed by atoms with E-state index in [1.165, 1.54) is 6.07 Å². The molecule has 1 aromatic rings. The maximum atomic E-state index is 14.1. The molecule has 5 heteroatoms. The Labute approximate surface area is 133 Å². The minimum absolute atomic E-state index is 0.170. The Bertz CT molecular complexity index is 550. The summed E-state index contributed by atoms with van der Waals surface area (Å²) in [5.74, 6) is -0.304. The van der Waals surface area contributed by atoms with Crippen molar-refractivity contribution in [2.45, 2.75) is 58.7 Å². The summed E-state index contributed by atoms with van der Waals surface area (Å²) in [6, 6.07) is 3.40. The predicted octanol–water partition coefficient (Wildman–Crippen LogP) is 4.80. The molecule has 1 saturated carbocycles. The van der Waals surface area contributed by atoms with Gasteiger partial charge in [-0.2, -0.15) is 0 Å². The van der Waals surface area contributed by atoms with Crippen LogP contribution in [-0.4, -0.2) is 22.6 Å². The molecule has 1 aromatic carbocycles. The van der Waals surface area contributed by atoms with E-state index in [1.807, 2.05) is 27.7 Å². The normalized spacial score (nSPS) is 15.0. The molecule has 1 fully saturated rings. The maximum absolute atomic E-state index is 14.1. The van der Waals surface area contributed by atoms with Crippen LogP contribution in [0.1, 0.15) is 44.7 Å². The molecule has 0 unspecified atom stereocenters. The van der Waals surface area contributed by atoms with Crippen molar-refractivity contribution in [2.75, 3.05) is 0 Å². The molecule has 0 spiro atoms. The summed E-state index contributed by atoms with van der Waals surface area (Å²) in [5, 5.41) is 0. The largest absolute Gasteiger partial charge is 0.444 e. The van der Waals surface area contributed by atoms with E-state index in [4.69, 9.17) is 4.74 Å². The highest BCUT2D eigenvalue weighted by Gasteiger charge is 2.35. The van der Waals surface area contributed by atoms with Crippen molar-refractivity contribution < 1.29 is 13.9 Å². The first-order valence-electron chi connectivity index (χ1n) is 7.11. The summed E-state index contributed by atoms with van der Waals surface area (Å²) in [5.41, 5.74) is 0.929. The van der Waals surface area contributed by atoms with Crippen molar-refractivity contribution >= 4 is 22.0 Å². The standard InChI is InChI=1S/C16H21BrFNO2/c1-10-7-11(14(18)8-13(10)17)9-19(12-5-6-12)15(20)21-16(2,3)4/h7-8,12H,5-6,9H2,1-4H3. The third-order valence-electron chi connectivity index (χ3n) is 3.28. The average molecular weight is 358 g/mol. The summed E-state index contributed by atoms with van der Waals surface area (Å²) in [6.07, 6.45) is 1.54. The number of hydrogen-bond donors (Lipinski definition) is 0. The molecule has 0 aliphatic heterocycles. The number of rotatable bonds is 3. The molecule has 0 bridgehead atoms. The Morgan fingerprint density at radius 2 is 2.05 bits per heavy atom. The van der Waals surface area contributed by atoms with Crippen LogP contribution in [0.2, 0.25) is 0 Å². The van der Waals surface area contributed by atoms with Crippen LogP contribution in [-0.2, 0) is 11.3 Å². The van der Waals surface area contributed by atoms with E-state index < -0.39 is 5.60 Å². The SMILES string of the molecule is Cc1cc(CN(C(=O)OC(C)(C)C)C2CC2)c(F)cc1Br. The molecule has 1 aliphatic rings. The van der Waals surface area contributed by atoms with Gasteiger partial charge in [-0.1, -0.05) is 22.0 Å². The van der Waals surface area contributed by atoms with Gasteiger partial charge in [0.2, 0.25) is 0 Å². The second-order valence-corrected chi connectivity index (χ2v) is 7.39. The number of halogens is 2. The number of benzene rings is 1. The summed E-state index contributed by atoms with van der Waals surface area (Å²) in [7, 11) is 0. The maximum Gasteiger partial charge on any atom is 0.410 e. The van der Waals surface area contributed by atoms with Crippen LogP contribution < -0.4 is 0 Å². The van der Waals surface area contributed by atoms with Crippen LogP contribution in [0.3, 0.4) is 0 Å². The summed E-state index contributed by atoms with van der Waals surface area (Å²) < 4.78 is 20.2. The van der Waals surface area contributed by atoms with Gasteiger partial charge in [0.1, 0.15) is 11.4 Å². The third kappa shape index (κ3) is 4.43. The first-order valence-corrected chi connectivity index (χ1v) is 7.91. The van der Waals surface area contributed by atoms with Crippen molar-refractivity contribution in [3.63, 3.8) is 0 Å². The molecule has 0 aromatic heterocycles. The minimum atomic E-state index is -0.543. The van der Waals surface area contributed by atoms with Crippen molar-refractivity contribution in [3.05, 3.63) is 33.5 Å². The zero-order valence-corrected chi connectivity index (χ0v) is 14.5. The summed E-state index contributed by atoms with van der Waals surface area (Å²) >= 11 is 3.31. The first kappa shape index (κ1) is 16.3. The van der Waals surface area contributed by atoms with Crippen LogP contribution in [0.15, 0.2) is 16.6 Å². The number of ether oxygens (including phenoxy) is 1. The number of hydrogen-bond acceptors (Lipinski definition) is 2. The van der Waals surface area contributed by atoms with Gasteiger partial charge < -0.3 is 9.64 Å². The molecule has 0 N–H and O–H groups in total. The Morgan fingerprint density at radius 1 is 1.43 bits per heavy atom. The van der Waals surface area contributed by atoms with Crippen molar-refractivity contribution in [1.29, 1.82) is 0 Å². The fourth-order valence-electron chi connectivity index (χ4n) is 2.07. The third-order valence-corrected chi connectivity index (χ3v) is 4.14. The molecule has 1 amide bonds. The highest BCUT2D eigenvalue weighted by Crippen LogP contribution is 2.31.